The number of hydrogen-bond acceptors (Lipinski definition) is 3. The van der Waals surface area contributed by atoms with Crippen LogP contribution in [0, 0.1) is 27.7 Å². The van der Waals surface area contributed by atoms with Crippen molar-refractivity contribution in [2.45, 2.75) is 39.3 Å². The van der Waals surface area contributed by atoms with E-state index in [0.29, 0.717) is 50.3 Å². The zero-order valence-corrected chi connectivity index (χ0v) is 21.3. The zero-order chi connectivity index (χ0) is 27.6. The van der Waals surface area contributed by atoms with Crippen molar-refractivity contribution in [1.29, 1.82) is 0 Å². The first-order valence-corrected chi connectivity index (χ1v) is 12.1. The molecule has 7 heteroatoms. The van der Waals surface area contributed by atoms with E-state index in [-0.39, 0.29) is 17.4 Å². The smallest absolute Gasteiger partial charge is 0.416 e. The Balaban J connectivity index is 1.85. The summed E-state index contributed by atoms with van der Waals surface area (Å²) >= 11 is 0. The van der Waals surface area contributed by atoms with Crippen LogP contribution in [0.5, 0.6) is 11.5 Å². The van der Waals surface area contributed by atoms with E-state index in [0.717, 1.165) is 12.1 Å². The molecule has 4 nitrogen and oxygen atoms in total. The van der Waals surface area contributed by atoms with Crippen LogP contribution in [0.3, 0.4) is 0 Å². The number of carbonyl (C=O) groups is 1. The highest BCUT2D eigenvalue weighted by Crippen LogP contribution is 2.54. The van der Waals surface area contributed by atoms with Crippen LogP contribution in [0.4, 0.5) is 24.5 Å². The summed E-state index contributed by atoms with van der Waals surface area (Å²) in [6.45, 7) is 7.02. The number of amides is 1. The molecule has 0 aromatic heterocycles. The lowest BCUT2D eigenvalue weighted by Gasteiger charge is -2.32. The van der Waals surface area contributed by atoms with E-state index < -0.39 is 17.2 Å². The molecule has 0 unspecified atom stereocenters. The molecule has 4 aromatic carbocycles. The lowest BCUT2D eigenvalue weighted by atomic mass is 9.69. The number of fused-ring (bicyclic) bond motifs is 1. The number of alkyl halides is 3. The second-order valence-corrected chi connectivity index (χ2v) is 9.87. The van der Waals surface area contributed by atoms with Gasteiger partial charge in [0.1, 0.15) is 16.9 Å². The van der Waals surface area contributed by atoms with Crippen molar-refractivity contribution in [1.82, 2.24) is 0 Å². The van der Waals surface area contributed by atoms with Crippen molar-refractivity contribution in [3.8, 4) is 11.5 Å². The van der Waals surface area contributed by atoms with Gasteiger partial charge in [-0.15, -0.1) is 0 Å². The van der Waals surface area contributed by atoms with Crippen molar-refractivity contribution in [3.05, 3.63) is 117 Å². The second kappa shape index (κ2) is 8.65. The Kier molecular flexibility index (Phi) is 5.78. The average molecular weight is 518 g/mol. The molecule has 1 aliphatic heterocycles. The van der Waals surface area contributed by atoms with Gasteiger partial charge in [-0.05, 0) is 91.4 Å². The molecule has 1 aliphatic rings. The van der Waals surface area contributed by atoms with E-state index >= 15 is 0 Å². The Morgan fingerprint density at radius 1 is 0.711 bits per heavy atom. The van der Waals surface area contributed by atoms with Crippen LogP contribution in [0.25, 0.3) is 0 Å². The largest absolute Gasteiger partial charge is 0.507 e. The maximum Gasteiger partial charge on any atom is 0.416 e. The Hall–Kier alpha value is -4.26. The van der Waals surface area contributed by atoms with E-state index in [2.05, 4.69) is 0 Å². The van der Waals surface area contributed by atoms with Gasteiger partial charge in [-0.3, -0.25) is 9.69 Å². The standard InChI is InChI=1S/C31H26F3NO3/c1-17-13-22(14-18(2)27(17)36)30(23-15-19(3)28(37)20(4)16-23)25-7-5-6-8-26(25)35(29(30)38)24-11-9-21(10-12-24)31(32,33)34/h5-16,36-37H,1-4H3. The summed E-state index contributed by atoms with van der Waals surface area (Å²) in [6, 6.07) is 18.8. The zero-order valence-electron chi connectivity index (χ0n) is 21.3. The number of phenols is 2. The molecular formula is C31H26F3NO3. The number of rotatable bonds is 3. The predicted molar refractivity (Wildman–Crippen MR) is 140 cm³/mol. The number of carbonyl (C=O) groups excluding carboxylic acids is 1. The Morgan fingerprint density at radius 2 is 1.16 bits per heavy atom. The molecule has 194 valence electrons. The van der Waals surface area contributed by atoms with Gasteiger partial charge in [0, 0.05) is 11.3 Å². The summed E-state index contributed by atoms with van der Waals surface area (Å²) in [4.78, 5) is 16.2. The molecule has 0 saturated carbocycles. The van der Waals surface area contributed by atoms with Crippen LogP contribution < -0.4 is 4.90 Å². The van der Waals surface area contributed by atoms with E-state index in [1.807, 2.05) is 12.1 Å². The normalized spacial score (nSPS) is 14.6. The maximum atomic E-state index is 14.8. The molecule has 2 N–H and O–H groups in total. The van der Waals surface area contributed by atoms with E-state index in [1.54, 1.807) is 64.1 Å². The first-order valence-electron chi connectivity index (χ1n) is 12.1. The van der Waals surface area contributed by atoms with Gasteiger partial charge in [-0.1, -0.05) is 42.5 Å². The van der Waals surface area contributed by atoms with Crippen molar-refractivity contribution in [3.63, 3.8) is 0 Å². The van der Waals surface area contributed by atoms with Crippen LogP contribution >= 0.6 is 0 Å². The van der Waals surface area contributed by atoms with Crippen molar-refractivity contribution in [2.75, 3.05) is 4.90 Å². The summed E-state index contributed by atoms with van der Waals surface area (Å²) in [5.74, 6) is -0.118. The van der Waals surface area contributed by atoms with Gasteiger partial charge >= 0.3 is 6.18 Å². The van der Waals surface area contributed by atoms with E-state index in [9.17, 15) is 28.2 Å². The monoisotopic (exact) mass is 517 g/mol. The first kappa shape index (κ1) is 25.4. The molecule has 0 spiro atoms. The lowest BCUT2D eigenvalue weighted by Crippen LogP contribution is -2.40. The number of phenolic OH excluding ortho intramolecular Hbond substituents is 2. The number of anilines is 2. The number of aryl methyl sites for hydroxylation is 4. The van der Waals surface area contributed by atoms with Gasteiger partial charge in [-0.25, -0.2) is 0 Å². The predicted octanol–water partition coefficient (Wildman–Crippen LogP) is 7.36. The highest BCUT2D eigenvalue weighted by molar-refractivity contribution is 6.17. The fourth-order valence-electron chi connectivity index (χ4n) is 5.50. The molecule has 5 rings (SSSR count). The fraction of sp³-hybridized carbons (Fsp3) is 0.194. The molecular weight excluding hydrogens is 491 g/mol. The Bertz CT molecular complexity index is 1490. The third kappa shape index (κ3) is 3.64. The first-order chi connectivity index (χ1) is 17.9. The number of hydrogen-bond donors (Lipinski definition) is 2. The van der Waals surface area contributed by atoms with Gasteiger partial charge < -0.3 is 10.2 Å². The Morgan fingerprint density at radius 3 is 1.61 bits per heavy atom. The number of aromatic hydroxyl groups is 2. The van der Waals surface area contributed by atoms with Gasteiger partial charge in [0.05, 0.1) is 11.3 Å². The molecule has 0 atom stereocenters. The third-order valence-corrected chi connectivity index (χ3v) is 7.37. The molecule has 1 heterocycles. The second-order valence-electron chi connectivity index (χ2n) is 9.87. The van der Waals surface area contributed by atoms with Crippen LogP contribution in [0.15, 0.2) is 72.8 Å². The van der Waals surface area contributed by atoms with Crippen molar-refractivity contribution >= 4 is 17.3 Å². The summed E-state index contributed by atoms with van der Waals surface area (Å²) in [5, 5.41) is 21.0. The molecule has 0 bridgehead atoms. The quantitative estimate of drug-likeness (QED) is 0.298. The highest BCUT2D eigenvalue weighted by Gasteiger charge is 2.54. The molecule has 0 saturated heterocycles. The summed E-state index contributed by atoms with van der Waals surface area (Å²) in [5.41, 5.74) is 2.89. The molecule has 38 heavy (non-hydrogen) atoms. The number of nitrogens with zero attached hydrogens (tertiary/aromatic N) is 1. The third-order valence-electron chi connectivity index (χ3n) is 7.37. The molecule has 1 amide bonds. The maximum absolute atomic E-state index is 14.8. The summed E-state index contributed by atoms with van der Waals surface area (Å²) < 4.78 is 39.8. The summed E-state index contributed by atoms with van der Waals surface area (Å²) in [7, 11) is 0. The SMILES string of the molecule is Cc1cc(C2(c3cc(C)c(O)c(C)c3)C(=O)N(c3ccc(C(F)(F)F)cc3)c3ccccc32)cc(C)c1O. The van der Waals surface area contributed by atoms with Gasteiger partial charge in [0.15, 0.2) is 0 Å². The van der Waals surface area contributed by atoms with Crippen LogP contribution in [-0.2, 0) is 16.4 Å². The summed E-state index contributed by atoms with van der Waals surface area (Å²) in [6.07, 6.45) is -4.50. The van der Waals surface area contributed by atoms with Crippen LogP contribution in [0.2, 0.25) is 0 Å². The average Bonchev–Trinajstić information content (AvgIpc) is 3.13. The fourth-order valence-corrected chi connectivity index (χ4v) is 5.50. The van der Waals surface area contributed by atoms with E-state index in [4.69, 9.17) is 0 Å². The minimum absolute atomic E-state index is 0.125. The minimum Gasteiger partial charge on any atom is -0.507 e. The topological polar surface area (TPSA) is 60.8 Å². The number of benzene rings is 4. The van der Waals surface area contributed by atoms with Gasteiger partial charge in [0.25, 0.3) is 5.91 Å². The molecule has 0 radical (unpaired) electrons. The molecule has 0 fully saturated rings. The van der Waals surface area contributed by atoms with E-state index in [1.165, 1.54) is 17.0 Å². The Labute approximate surface area is 218 Å². The molecule has 4 aromatic rings. The minimum atomic E-state index is -4.50. The van der Waals surface area contributed by atoms with Gasteiger partial charge in [0.2, 0.25) is 0 Å². The van der Waals surface area contributed by atoms with Crippen molar-refractivity contribution < 1.29 is 28.2 Å². The van der Waals surface area contributed by atoms with Gasteiger partial charge in [-0.2, -0.15) is 13.2 Å². The van der Waals surface area contributed by atoms with Crippen LogP contribution in [0.1, 0.15) is 44.5 Å². The van der Waals surface area contributed by atoms with Crippen molar-refractivity contribution in [2.24, 2.45) is 0 Å². The van der Waals surface area contributed by atoms with Crippen LogP contribution in [-0.4, -0.2) is 16.1 Å². The number of para-hydroxylation sites is 1. The highest BCUT2D eigenvalue weighted by atomic mass is 19.4. The number of halogens is 3. The molecule has 0 aliphatic carbocycles. The lowest BCUT2D eigenvalue weighted by molar-refractivity contribution is -0.137.